The Morgan fingerprint density at radius 2 is 1.92 bits per heavy atom. The van der Waals surface area contributed by atoms with Crippen LogP contribution in [0.4, 0.5) is 0 Å². The van der Waals surface area contributed by atoms with Crippen LogP contribution in [-0.4, -0.2) is 32.1 Å². The summed E-state index contributed by atoms with van der Waals surface area (Å²) in [6.07, 6.45) is 0.754. The summed E-state index contributed by atoms with van der Waals surface area (Å²) in [6.45, 7) is 0.826. The summed E-state index contributed by atoms with van der Waals surface area (Å²) in [7, 11) is 1.50. The van der Waals surface area contributed by atoms with Crippen LogP contribution in [0.2, 0.25) is 0 Å². The third kappa shape index (κ3) is 1.65. The average Bonchev–Trinajstić information content (AvgIpc) is 2.17. The van der Waals surface area contributed by atoms with Crippen molar-refractivity contribution in [3.63, 3.8) is 0 Å². The lowest BCUT2D eigenvalue weighted by Gasteiger charge is -2.31. The molecule has 5 nitrogen and oxygen atoms in total. The van der Waals surface area contributed by atoms with Crippen molar-refractivity contribution in [3.8, 4) is 0 Å². The van der Waals surface area contributed by atoms with Crippen molar-refractivity contribution in [2.45, 2.75) is 12.8 Å². The molecule has 0 aromatic carbocycles. The number of primary amides is 1. The maximum absolute atomic E-state index is 11.5. The zero-order valence-corrected chi connectivity index (χ0v) is 7.63. The van der Waals surface area contributed by atoms with Crippen LogP contribution in [0.3, 0.4) is 0 Å². The molecule has 74 valence electrons. The van der Waals surface area contributed by atoms with Crippen LogP contribution in [-0.2, 0) is 14.3 Å². The maximum atomic E-state index is 11.5. The number of carbonyl (C=O) groups is 2. The summed E-state index contributed by atoms with van der Waals surface area (Å²) in [5.41, 5.74) is 4.17. The predicted molar refractivity (Wildman–Crippen MR) is 45.7 cm³/mol. The van der Waals surface area contributed by atoms with E-state index < -0.39 is 11.3 Å². The van der Waals surface area contributed by atoms with Crippen LogP contribution >= 0.6 is 0 Å². The molecular formula is C8H14N2O3. The van der Waals surface area contributed by atoms with Crippen LogP contribution in [0.1, 0.15) is 12.8 Å². The minimum atomic E-state index is -1.05. The van der Waals surface area contributed by atoms with Gasteiger partial charge in [0.15, 0.2) is 0 Å². The van der Waals surface area contributed by atoms with Crippen molar-refractivity contribution in [1.29, 1.82) is 0 Å². The summed E-state index contributed by atoms with van der Waals surface area (Å²) in [5.74, 6) is -0.863. The lowest BCUT2D eigenvalue weighted by molar-refractivity contribution is -0.147. The van der Waals surface area contributed by atoms with Gasteiger partial charge in [-0.05, 0) is 12.8 Å². The van der Waals surface area contributed by atoms with E-state index in [-0.39, 0.29) is 5.91 Å². The molecule has 1 rings (SSSR count). The molecule has 13 heavy (non-hydrogen) atoms. The van der Waals surface area contributed by atoms with Gasteiger partial charge < -0.3 is 15.8 Å². The van der Waals surface area contributed by atoms with Gasteiger partial charge in [0.1, 0.15) is 5.41 Å². The van der Waals surface area contributed by atoms with Crippen LogP contribution in [0, 0.1) is 5.41 Å². The third-order valence-corrected chi connectivity index (χ3v) is 2.48. The largest absolute Gasteiger partial charge is 0.381 e. The smallest absolute Gasteiger partial charge is 0.235 e. The van der Waals surface area contributed by atoms with Crippen molar-refractivity contribution >= 4 is 11.8 Å². The van der Waals surface area contributed by atoms with Crippen LogP contribution < -0.4 is 11.1 Å². The first-order valence-corrected chi connectivity index (χ1v) is 4.23. The van der Waals surface area contributed by atoms with E-state index in [1.165, 1.54) is 7.05 Å². The summed E-state index contributed by atoms with van der Waals surface area (Å²) >= 11 is 0. The van der Waals surface area contributed by atoms with E-state index in [1.54, 1.807) is 0 Å². The Hall–Kier alpha value is -1.10. The molecule has 2 amide bonds. The molecule has 0 spiro atoms. The van der Waals surface area contributed by atoms with E-state index >= 15 is 0 Å². The first kappa shape index (κ1) is 9.98. The van der Waals surface area contributed by atoms with Crippen molar-refractivity contribution < 1.29 is 14.3 Å². The topological polar surface area (TPSA) is 81.4 Å². The molecule has 0 aromatic heterocycles. The normalized spacial score (nSPS) is 20.7. The number of hydrogen-bond acceptors (Lipinski definition) is 3. The van der Waals surface area contributed by atoms with Crippen molar-refractivity contribution in [1.82, 2.24) is 5.32 Å². The van der Waals surface area contributed by atoms with E-state index in [9.17, 15) is 9.59 Å². The molecule has 1 fully saturated rings. The molecule has 0 atom stereocenters. The summed E-state index contributed by atoms with van der Waals surface area (Å²) in [4.78, 5) is 22.6. The molecule has 0 aromatic rings. The number of nitrogens with two attached hydrogens (primary N) is 1. The van der Waals surface area contributed by atoms with Gasteiger partial charge >= 0.3 is 0 Å². The van der Waals surface area contributed by atoms with Crippen LogP contribution in [0.15, 0.2) is 0 Å². The standard InChI is InChI=1S/C8H14N2O3/c1-10-7(12)8(6(9)11)2-4-13-5-3-8/h2-5H2,1H3,(H2,9,11)(H,10,12). The average molecular weight is 186 g/mol. The van der Waals surface area contributed by atoms with Gasteiger partial charge in [-0.1, -0.05) is 0 Å². The van der Waals surface area contributed by atoms with Gasteiger partial charge in [-0.2, -0.15) is 0 Å². The number of hydrogen-bond donors (Lipinski definition) is 2. The lowest BCUT2D eigenvalue weighted by Crippen LogP contribution is -2.51. The van der Waals surface area contributed by atoms with Gasteiger partial charge in [-0.3, -0.25) is 9.59 Å². The van der Waals surface area contributed by atoms with E-state index in [0.29, 0.717) is 26.1 Å². The minimum absolute atomic E-state index is 0.302. The molecule has 1 saturated heterocycles. The molecule has 0 radical (unpaired) electrons. The molecule has 1 aliphatic heterocycles. The molecule has 1 aliphatic rings. The number of nitrogens with one attached hydrogen (secondary N) is 1. The van der Waals surface area contributed by atoms with Gasteiger partial charge in [0, 0.05) is 20.3 Å². The van der Waals surface area contributed by atoms with Crippen LogP contribution in [0.5, 0.6) is 0 Å². The highest BCUT2D eigenvalue weighted by Crippen LogP contribution is 2.30. The summed E-state index contributed by atoms with van der Waals surface area (Å²) in [6, 6.07) is 0. The predicted octanol–water partition coefficient (Wildman–Crippen LogP) is -0.986. The van der Waals surface area contributed by atoms with E-state index in [0.717, 1.165) is 0 Å². The lowest BCUT2D eigenvalue weighted by atomic mass is 9.78. The minimum Gasteiger partial charge on any atom is -0.381 e. The Balaban J connectivity index is 2.85. The Morgan fingerprint density at radius 1 is 1.38 bits per heavy atom. The summed E-state index contributed by atoms with van der Waals surface area (Å²) < 4.78 is 5.08. The highest BCUT2D eigenvalue weighted by Gasteiger charge is 2.44. The SMILES string of the molecule is CNC(=O)C1(C(N)=O)CCOCC1. The van der Waals surface area contributed by atoms with Gasteiger partial charge in [0.2, 0.25) is 11.8 Å². The maximum Gasteiger partial charge on any atom is 0.235 e. The fourth-order valence-corrected chi connectivity index (χ4v) is 1.54. The first-order valence-electron chi connectivity index (χ1n) is 4.23. The number of ether oxygens (including phenoxy) is 1. The molecule has 0 bridgehead atoms. The molecule has 0 aliphatic carbocycles. The van der Waals surface area contributed by atoms with Crippen molar-refractivity contribution in [2.75, 3.05) is 20.3 Å². The van der Waals surface area contributed by atoms with Crippen molar-refractivity contribution in [3.05, 3.63) is 0 Å². The van der Waals surface area contributed by atoms with E-state index in [4.69, 9.17) is 10.5 Å². The van der Waals surface area contributed by atoms with Gasteiger partial charge in [-0.15, -0.1) is 0 Å². The van der Waals surface area contributed by atoms with Gasteiger partial charge in [0.25, 0.3) is 0 Å². The second-order valence-electron chi connectivity index (χ2n) is 3.14. The van der Waals surface area contributed by atoms with Crippen molar-refractivity contribution in [2.24, 2.45) is 11.1 Å². The molecule has 5 heteroatoms. The fraction of sp³-hybridized carbons (Fsp3) is 0.750. The monoisotopic (exact) mass is 186 g/mol. The third-order valence-electron chi connectivity index (χ3n) is 2.48. The number of amides is 2. The van der Waals surface area contributed by atoms with E-state index in [1.807, 2.05) is 0 Å². The Bertz CT molecular complexity index is 221. The quantitative estimate of drug-likeness (QED) is 0.543. The molecule has 1 heterocycles. The number of rotatable bonds is 2. The molecular weight excluding hydrogens is 172 g/mol. The fourth-order valence-electron chi connectivity index (χ4n) is 1.54. The highest BCUT2D eigenvalue weighted by molar-refractivity contribution is 6.04. The second kappa shape index (κ2) is 3.74. The van der Waals surface area contributed by atoms with Crippen LogP contribution in [0.25, 0.3) is 0 Å². The van der Waals surface area contributed by atoms with Gasteiger partial charge in [0.05, 0.1) is 0 Å². The first-order chi connectivity index (χ1) is 6.13. The van der Waals surface area contributed by atoms with E-state index in [2.05, 4.69) is 5.32 Å². The highest BCUT2D eigenvalue weighted by atomic mass is 16.5. The molecule has 0 unspecified atom stereocenters. The Kier molecular flexibility index (Phi) is 2.87. The second-order valence-corrected chi connectivity index (χ2v) is 3.14. The Morgan fingerprint density at radius 3 is 2.31 bits per heavy atom. The Labute approximate surface area is 76.6 Å². The van der Waals surface area contributed by atoms with Gasteiger partial charge in [-0.25, -0.2) is 0 Å². The zero-order valence-electron chi connectivity index (χ0n) is 7.63. The molecule has 3 N–H and O–H groups in total. The zero-order chi connectivity index (χ0) is 9.90. The summed E-state index contributed by atoms with van der Waals surface area (Å²) in [5, 5.41) is 2.46. The molecule has 0 saturated carbocycles. The number of carbonyl (C=O) groups excluding carboxylic acids is 2.